The highest BCUT2D eigenvalue weighted by atomic mass is 16.3. The van der Waals surface area contributed by atoms with Gasteiger partial charge in [0.15, 0.2) is 0 Å². The number of rotatable bonds is 17. The van der Waals surface area contributed by atoms with E-state index in [0.717, 1.165) is 25.3 Å². The van der Waals surface area contributed by atoms with Crippen LogP contribution < -0.4 is 0 Å². The van der Waals surface area contributed by atoms with E-state index in [1.807, 2.05) is 4.90 Å². The van der Waals surface area contributed by atoms with Crippen LogP contribution in [0.2, 0.25) is 0 Å². The molecular formula is C22H42N2O. The molecule has 1 aliphatic heterocycles. The molecule has 0 aromatic rings. The number of nitrogens with zero attached hydrogens (tertiary/aromatic N) is 2. The Balaban J connectivity index is 1.78. The van der Waals surface area contributed by atoms with Crippen LogP contribution in [0.1, 0.15) is 103 Å². The summed E-state index contributed by atoms with van der Waals surface area (Å²) in [5.74, 6) is 1.12. The fraction of sp³-hybridized carbons (Fsp3) is 0.864. The lowest BCUT2D eigenvalue weighted by Gasteiger charge is -2.16. The number of hydrogen-bond acceptors (Lipinski definition) is 3. The lowest BCUT2D eigenvalue weighted by molar-refractivity contribution is 0.178. The largest absolute Gasteiger partial charge is 0.376 e. The molecule has 0 fully saturated rings. The zero-order valence-corrected chi connectivity index (χ0v) is 16.7. The van der Waals surface area contributed by atoms with E-state index < -0.39 is 0 Å². The number of aliphatic hydroxyl groups excluding tert-OH is 1. The van der Waals surface area contributed by atoms with Crippen LogP contribution >= 0.6 is 0 Å². The zero-order valence-electron chi connectivity index (χ0n) is 16.7. The van der Waals surface area contributed by atoms with Gasteiger partial charge in [-0.3, -0.25) is 4.99 Å². The van der Waals surface area contributed by atoms with Crippen LogP contribution in [0.5, 0.6) is 0 Å². The molecule has 146 valence electrons. The summed E-state index contributed by atoms with van der Waals surface area (Å²) in [6.45, 7) is 4.17. The van der Waals surface area contributed by atoms with Gasteiger partial charge in [-0.15, -0.1) is 0 Å². The summed E-state index contributed by atoms with van der Waals surface area (Å²) in [5, 5.41) is 9.21. The Labute approximate surface area is 156 Å². The number of amidine groups is 1. The van der Waals surface area contributed by atoms with Crippen molar-refractivity contribution in [3.8, 4) is 0 Å². The van der Waals surface area contributed by atoms with Gasteiger partial charge in [0.1, 0.15) is 12.6 Å². The van der Waals surface area contributed by atoms with Crippen molar-refractivity contribution in [3.05, 3.63) is 12.2 Å². The van der Waals surface area contributed by atoms with E-state index in [0.29, 0.717) is 0 Å². The zero-order chi connectivity index (χ0) is 18.0. The van der Waals surface area contributed by atoms with Crippen molar-refractivity contribution in [2.24, 2.45) is 4.99 Å². The summed E-state index contributed by atoms with van der Waals surface area (Å²) in [4.78, 5) is 6.47. The first-order valence-electron chi connectivity index (χ1n) is 10.9. The van der Waals surface area contributed by atoms with Gasteiger partial charge in [0, 0.05) is 13.0 Å². The molecule has 0 unspecified atom stereocenters. The Hall–Kier alpha value is -0.830. The third-order valence-electron chi connectivity index (χ3n) is 5.11. The number of hydrogen-bond donors (Lipinski definition) is 1. The topological polar surface area (TPSA) is 35.8 Å². The molecular weight excluding hydrogens is 308 g/mol. The Morgan fingerprint density at radius 2 is 1.40 bits per heavy atom. The van der Waals surface area contributed by atoms with Gasteiger partial charge in [-0.1, -0.05) is 76.9 Å². The second-order valence-corrected chi connectivity index (χ2v) is 7.39. The Kier molecular flexibility index (Phi) is 14.8. The first-order valence-corrected chi connectivity index (χ1v) is 10.9. The van der Waals surface area contributed by atoms with E-state index in [4.69, 9.17) is 0 Å². The maximum atomic E-state index is 9.21. The Morgan fingerprint density at radius 3 is 2.00 bits per heavy atom. The van der Waals surface area contributed by atoms with Crippen LogP contribution in [0.25, 0.3) is 0 Å². The fourth-order valence-corrected chi connectivity index (χ4v) is 3.45. The minimum Gasteiger partial charge on any atom is -0.376 e. The summed E-state index contributed by atoms with van der Waals surface area (Å²) in [6.07, 6.45) is 24.7. The number of aliphatic imine (C=N–C) groups is 1. The normalized spacial score (nSPS) is 14.6. The first-order chi connectivity index (χ1) is 12.4. The SMILES string of the molecule is CCCCCCCC/C=C\CCCCCCCCC1=NCCN1CO. The summed E-state index contributed by atoms with van der Waals surface area (Å²) in [5.41, 5.74) is 0. The molecule has 0 saturated heterocycles. The monoisotopic (exact) mass is 350 g/mol. The molecule has 3 heteroatoms. The Bertz CT molecular complexity index is 352. The van der Waals surface area contributed by atoms with Crippen LogP contribution in [-0.2, 0) is 0 Å². The van der Waals surface area contributed by atoms with Gasteiger partial charge in [0.2, 0.25) is 0 Å². The molecule has 0 aliphatic carbocycles. The highest BCUT2D eigenvalue weighted by Gasteiger charge is 2.14. The summed E-state index contributed by atoms with van der Waals surface area (Å²) in [6, 6.07) is 0. The second kappa shape index (κ2) is 16.6. The van der Waals surface area contributed by atoms with Crippen LogP contribution in [0.4, 0.5) is 0 Å². The van der Waals surface area contributed by atoms with Crippen molar-refractivity contribution >= 4 is 5.84 Å². The molecule has 25 heavy (non-hydrogen) atoms. The number of aliphatic hydroxyl groups is 1. The van der Waals surface area contributed by atoms with E-state index in [2.05, 4.69) is 24.1 Å². The van der Waals surface area contributed by atoms with E-state index >= 15 is 0 Å². The predicted octanol–water partition coefficient (Wildman–Crippen LogP) is 6.08. The molecule has 1 N–H and O–H groups in total. The highest BCUT2D eigenvalue weighted by molar-refractivity contribution is 5.83. The molecule has 3 nitrogen and oxygen atoms in total. The number of unbranched alkanes of at least 4 members (excludes halogenated alkanes) is 12. The second-order valence-electron chi connectivity index (χ2n) is 7.39. The summed E-state index contributed by atoms with van der Waals surface area (Å²) < 4.78 is 0. The number of allylic oxidation sites excluding steroid dienone is 2. The Morgan fingerprint density at radius 1 is 0.840 bits per heavy atom. The van der Waals surface area contributed by atoms with Crippen LogP contribution in [-0.4, -0.2) is 35.7 Å². The van der Waals surface area contributed by atoms with E-state index in [9.17, 15) is 5.11 Å². The smallest absolute Gasteiger partial charge is 0.116 e. The van der Waals surface area contributed by atoms with Crippen LogP contribution in [0.3, 0.4) is 0 Å². The van der Waals surface area contributed by atoms with Crippen molar-refractivity contribution in [2.75, 3.05) is 19.8 Å². The van der Waals surface area contributed by atoms with Crippen molar-refractivity contribution in [1.82, 2.24) is 4.90 Å². The molecule has 1 aliphatic rings. The van der Waals surface area contributed by atoms with Gasteiger partial charge in [-0.05, 0) is 32.1 Å². The molecule has 0 aromatic heterocycles. The molecule has 0 atom stereocenters. The van der Waals surface area contributed by atoms with E-state index in [-0.39, 0.29) is 6.73 Å². The van der Waals surface area contributed by atoms with Gasteiger partial charge in [-0.25, -0.2) is 0 Å². The van der Waals surface area contributed by atoms with E-state index in [1.54, 1.807) is 0 Å². The van der Waals surface area contributed by atoms with Crippen molar-refractivity contribution < 1.29 is 5.11 Å². The van der Waals surface area contributed by atoms with Crippen LogP contribution in [0, 0.1) is 0 Å². The van der Waals surface area contributed by atoms with Gasteiger partial charge in [-0.2, -0.15) is 0 Å². The van der Waals surface area contributed by atoms with Gasteiger partial charge >= 0.3 is 0 Å². The van der Waals surface area contributed by atoms with Crippen molar-refractivity contribution in [2.45, 2.75) is 103 Å². The van der Waals surface area contributed by atoms with Crippen molar-refractivity contribution in [3.63, 3.8) is 0 Å². The molecule has 0 amide bonds. The molecule has 0 spiro atoms. The maximum Gasteiger partial charge on any atom is 0.116 e. The quantitative estimate of drug-likeness (QED) is 0.255. The third-order valence-corrected chi connectivity index (χ3v) is 5.11. The van der Waals surface area contributed by atoms with E-state index in [1.165, 1.54) is 89.9 Å². The molecule has 1 heterocycles. The molecule has 0 bridgehead atoms. The minimum absolute atomic E-state index is 0.130. The van der Waals surface area contributed by atoms with Gasteiger partial charge in [0.25, 0.3) is 0 Å². The summed E-state index contributed by atoms with van der Waals surface area (Å²) >= 11 is 0. The lowest BCUT2D eigenvalue weighted by atomic mass is 10.1. The molecule has 0 radical (unpaired) electrons. The van der Waals surface area contributed by atoms with Gasteiger partial charge in [0.05, 0.1) is 6.54 Å². The fourth-order valence-electron chi connectivity index (χ4n) is 3.45. The molecule has 0 saturated carbocycles. The average molecular weight is 351 g/mol. The first kappa shape index (κ1) is 22.2. The minimum atomic E-state index is 0.130. The third kappa shape index (κ3) is 12.2. The average Bonchev–Trinajstić information content (AvgIpc) is 3.09. The van der Waals surface area contributed by atoms with Crippen molar-refractivity contribution in [1.29, 1.82) is 0 Å². The van der Waals surface area contributed by atoms with Crippen LogP contribution in [0.15, 0.2) is 17.1 Å². The lowest BCUT2D eigenvalue weighted by Crippen LogP contribution is -2.28. The maximum absolute atomic E-state index is 9.21. The standard InChI is InChI=1S/C22H42N2O/c1-2-3-4-5-6-7-8-9-10-11-12-13-14-15-16-17-18-22-23-19-20-24(22)21-25/h9-10,25H,2-8,11-21H2,1H3/b10-9-. The van der Waals surface area contributed by atoms with Gasteiger partial charge < -0.3 is 10.0 Å². The predicted molar refractivity (Wildman–Crippen MR) is 110 cm³/mol. The molecule has 0 aromatic carbocycles. The highest BCUT2D eigenvalue weighted by Crippen LogP contribution is 2.13. The summed E-state index contributed by atoms with van der Waals surface area (Å²) in [7, 11) is 0. The molecule has 1 rings (SSSR count).